The maximum Gasteiger partial charge on any atom is 0.0991 e. The summed E-state index contributed by atoms with van der Waals surface area (Å²) in [4.78, 5) is 4.30. The summed E-state index contributed by atoms with van der Waals surface area (Å²) in [5.74, 6) is 0. The number of hydrogen-bond donors (Lipinski definition) is 2. The predicted molar refractivity (Wildman–Crippen MR) is 71.0 cm³/mol. The third kappa shape index (κ3) is 2.27. The van der Waals surface area contributed by atoms with Crippen LogP contribution in [0.2, 0.25) is 0 Å². The molecule has 1 heterocycles. The molecule has 1 aliphatic heterocycles. The minimum atomic E-state index is -0.409. The van der Waals surface area contributed by atoms with Crippen molar-refractivity contribution in [1.82, 2.24) is 0 Å². The highest BCUT2D eigenvalue weighted by molar-refractivity contribution is 6.24. The van der Waals surface area contributed by atoms with Gasteiger partial charge in [-0.15, -0.1) is 0 Å². The molecule has 0 saturated heterocycles. The normalized spacial score (nSPS) is 19.5. The zero-order chi connectivity index (χ0) is 13.1. The maximum absolute atomic E-state index is 9.52. The molecule has 4 nitrogen and oxygen atoms in total. The number of aliphatic imine (C=N–C) groups is 1. The van der Waals surface area contributed by atoms with Crippen molar-refractivity contribution in [3.8, 4) is 6.07 Å². The second-order valence-electron chi connectivity index (χ2n) is 4.37. The molecule has 0 amide bonds. The Morgan fingerprint density at radius 2 is 2.39 bits per heavy atom. The van der Waals surface area contributed by atoms with E-state index in [4.69, 9.17) is 11.0 Å². The Kier molecular flexibility index (Phi) is 3.45. The highest BCUT2D eigenvalue weighted by atomic mass is 16.3. The number of nitrogens with zero attached hydrogens (tertiary/aromatic N) is 2. The van der Waals surface area contributed by atoms with Gasteiger partial charge in [-0.3, -0.25) is 4.99 Å². The molecule has 4 heteroatoms. The fraction of sp³-hybridized carbons (Fsp3) is 0.286. The van der Waals surface area contributed by atoms with Crippen LogP contribution in [0, 0.1) is 18.3 Å². The second kappa shape index (κ2) is 5.03. The molecule has 92 valence electrons. The Hall–Kier alpha value is -2.12. The van der Waals surface area contributed by atoms with Crippen molar-refractivity contribution in [3.63, 3.8) is 0 Å². The highest BCUT2D eigenvalue weighted by Crippen LogP contribution is 2.25. The van der Waals surface area contributed by atoms with E-state index < -0.39 is 6.10 Å². The number of aliphatic hydroxyl groups is 1. The van der Waals surface area contributed by atoms with Gasteiger partial charge in [0, 0.05) is 23.9 Å². The molecule has 0 saturated carbocycles. The molecular weight excluding hydrogens is 226 g/mol. The second-order valence-corrected chi connectivity index (χ2v) is 4.37. The lowest BCUT2D eigenvalue weighted by Gasteiger charge is -2.11. The molecule has 0 unspecified atom stereocenters. The molecule has 3 N–H and O–H groups in total. The molecule has 0 fully saturated rings. The standard InChI is InChI=1S/C14H15N3O/c1-9-4-10(6-15)2-3-12(9)13(7-16)14-5-11(18)8-17-14/h2-4,7,11,18H,5,8,16H2,1H3/t11-/m0/s1. The van der Waals surface area contributed by atoms with Crippen molar-refractivity contribution in [1.29, 1.82) is 5.26 Å². The fourth-order valence-electron chi connectivity index (χ4n) is 2.14. The molecule has 1 aromatic carbocycles. The van der Waals surface area contributed by atoms with Gasteiger partial charge in [-0.1, -0.05) is 6.07 Å². The zero-order valence-electron chi connectivity index (χ0n) is 10.2. The van der Waals surface area contributed by atoms with E-state index in [-0.39, 0.29) is 0 Å². The molecule has 1 aromatic rings. The Labute approximate surface area is 106 Å². The minimum absolute atomic E-state index is 0.409. The summed E-state index contributed by atoms with van der Waals surface area (Å²) in [6.45, 7) is 2.37. The van der Waals surface area contributed by atoms with Crippen LogP contribution < -0.4 is 5.73 Å². The summed E-state index contributed by atoms with van der Waals surface area (Å²) in [6, 6.07) is 7.57. The lowest BCUT2D eigenvalue weighted by Crippen LogP contribution is -2.09. The van der Waals surface area contributed by atoms with Crippen molar-refractivity contribution >= 4 is 11.3 Å². The van der Waals surface area contributed by atoms with Crippen LogP contribution in [0.15, 0.2) is 29.4 Å². The van der Waals surface area contributed by atoms with Gasteiger partial charge in [0.25, 0.3) is 0 Å². The van der Waals surface area contributed by atoms with Gasteiger partial charge in [0.05, 0.1) is 24.3 Å². The molecule has 2 rings (SSSR count). The van der Waals surface area contributed by atoms with Crippen LogP contribution in [0.5, 0.6) is 0 Å². The van der Waals surface area contributed by atoms with Crippen LogP contribution in [0.3, 0.4) is 0 Å². The lowest BCUT2D eigenvalue weighted by atomic mass is 9.94. The number of nitrogens with two attached hydrogens (primary N) is 1. The first-order valence-electron chi connectivity index (χ1n) is 5.80. The predicted octanol–water partition coefficient (Wildman–Crippen LogP) is 1.37. The van der Waals surface area contributed by atoms with Crippen LogP contribution >= 0.6 is 0 Å². The number of benzene rings is 1. The fourth-order valence-corrected chi connectivity index (χ4v) is 2.14. The van der Waals surface area contributed by atoms with Gasteiger partial charge in [-0.2, -0.15) is 5.26 Å². The van der Waals surface area contributed by atoms with Gasteiger partial charge in [0.1, 0.15) is 0 Å². The van der Waals surface area contributed by atoms with E-state index in [1.54, 1.807) is 6.07 Å². The van der Waals surface area contributed by atoms with Gasteiger partial charge in [-0.05, 0) is 30.2 Å². The molecular formula is C14H15N3O. The van der Waals surface area contributed by atoms with Crippen molar-refractivity contribution in [2.75, 3.05) is 6.54 Å². The smallest absolute Gasteiger partial charge is 0.0991 e. The summed E-state index contributed by atoms with van der Waals surface area (Å²) in [5, 5.41) is 18.4. The summed E-state index contributed by atoms with van der Waals surface area (Å²) in [7, 11) is 0. The van der Waals surface area contributed by atoms with Gasteiger partial charge < -0.3 is 10.8 Å². The first-order valence-corrected chi connectivity index (χ1v) is 5.80. The molecule has 0 bridgehead atoms. The minimum Gasteiger partial charge on any atom is -0.404 e. The molecule has 1 aliphatic rings. The Morgan fingerprint density at radius 1 is 1.61 bits per heavy atom. The van der Waals surface area contributed by atoms with E-state index in [1.165, 1.54) is 6.20 Å². The van der Waals surface area contributed by atoms with Crippen LogP contribution in [-0.2, 0) is 0 Å². The molecule has 0 radical (unpaired) electrons. The van der Waals surface area contributed by atoms with E-state index in [9.17, 15) is 5.11 Å². The average molecular weight is 241 g/mol. The lowest BCUT2D eigenvalue weighted by molar-refractivity contribution is 0.200. The monoisotopic (exact) mass is 241 g/mol. The van der Waals surface area contributed by atoms with E-state index in [0.29, 0.717) is 18.5 Å². The zero-order valence-corrected chi connectivity index (χ0v) is 10.2. The van der Waals surface area contributed by atoms with Crippen LogP contribution in [0.25, 0.3) is 5.57 Å². The average Bonchev–Trinajstić information content (AvgIpc) is 2.78. The van der Waals surface area contributed by atoms with E-state index in [1.807, 2.05) is 19.1 Å². The number of allylic oxidation sites excluding steroid dienone is 1. The van der Waals surface area contributed by atoms with Gasteiger partial charge in [-0.25, -0.2) is 0 Å². The topological polar surface area (TPSA) is 82.4 Å². The van der Waals surface area contributed by atoms with E-state index in [2.05, 4.69) is 11.1 Å². The highest BCUT2D eigenvalue weighted by Gasteiger charge is 2.20. The number of nitriles is 1. The molecule has 0 aliphatic carbocycles. The third-order valence-electron chi connectivity index (χ3n) is 3.05. The summed E-state index contributed by atoms with van der Waals surface area (Å²) in [5.41, 5.74) is 9.92. The van der Waals surface area contributed by atoms with Crippen molar-refractivity contribution in [2.24, 2.45) is 10.7 Å². The van der Waals surface area contributed by atoms with Crippen molar-refractivity contribution in [3.05, 3.63) is 41.1 Å². The van der Waals surface area contributed by atoms with Gasteiger partial charge in [0.2, 0.25) is 0 Å². The van der Waals surface area contributed by atoms with Crippen LogP contribution in [0.4, 0.5) is 0 Å². The Bertz CT molecular complexity index is 567. The van der Waals surface area contributed by atoms with E-state index >= 15 is 0 Å². The van der Waals surface area contributed by atoms with Crippen molar-refractivity contribution < 1.29 is 5.11 Å². The molecule has 0 aromatic heterocycles. The van der Waals surface area contributed by atoms with Crippen molar-refractivity contribution in [2.45, 2.75) is 19.4 Å². The number of aliphatic hydroxyl groups excluding tert-OH is 1. The summed E-state index contributed by atoms with van der Waals surface area (Å²) >= 11 is 0. The first-order chi connectivity index (χ1) is 8.65. The summed E-state index contributed by atoms with van der Waals surface area (Å²) < 4.78 is 0. The largest absolute Gasteiger partial charge is 0.404 e. The Morgan fingerprint density at radius 3 is 2.89 bits per heavy atom. The third-order valence-corrected chi connectivity index (χ3v) is 3.05. The number of hydrogen-bond acceptors (Lipinski definition) is 4. The number of rotatable bonds is 2. The van der Waals surface area contributed by atoms with E-state index in [0.717, 1.165) is 22.4 Å². The van der Waals surface area contributed by atoms with Gasteiger partial charge >= 0.3 is 0 Å². The molecule has 18 heavy (non-hydrogen) atoms. The Balaban J connectivity index is 2.38. The summed E-state index contributed by atoms with van der Waals surface area (Å²) in [6.07, 6.45) is 1.64. The number of aryl methyl sites for hydroxylation is 1. The molecule has 0 spiro atoms. The van der Waals surface area contributed by atoms with Crippen LogP contribution in [-0.4, -0.2) is 23.5 Å². The van der Waals surface area contributed by atoms with Gasteiger partial charge in [0.15, 0.2) is 0 Å². The molecule has 1 atom stereocenters. The SMILES string of the molecule is Cc1cc(C#N)ccc1C(=CN)C1=NC[C@@H](O)C1. The first kappa shape index (κ1) is 12.3. The van der Waals surface area contributed by atoms with Crippen LogP contribution in [0.1, 0.15) is 23.1 Å². The maximum atomic E-state index is 9.52. The quantitative estimate of drug-likeness (QED) is 0.820.